The molecule has 1 nitrogen and oxygen atoms in total. The molecule has 3 unspecified atom stereocenters. The SMILES string of the molecule is CC(CC=C1CC1)CCC(O)C(C)Br. The van der Waals surface area contributed by atoms with Crippen LogP contribution in [0.4, 0.5) is 0 Å². The number of hydrogen-bond donors (Lipinski definition) is 1. The van der Waals surface area contributed by atoms with Gasteiger partial charge in [-0.3, -0.25) is 0 Å². The third-order valence-electron chi connectivity index (χ3n) is 2.83. The van der Waals surface area contributed by atoms with E-state index in [2.05, 4.69) is 28.9 Å². The van der Waals surface area contributed by atoms with Crippen molar-refractivity contribution in [2.75, 3.05) is 0 Å². The number of aliphatic hydroxyl groups is 1. The summed E-state index contributed by atoms with van der Waals surface area (Å²) in [6.45, 7) is 4.27. The number of aliphatic hydroxyl groups excluding tert-OH is 1. The Morgan fingerprint density at radius 2 is 2.00 bits per heavy atom. The first-order valence-corrected chi connectivity index (χ1v) is 6.51. The summed E-state index contributed by atoms with van der Waals surface area (Å²) in [7, 11) is 0. The summed E-state index contributed by atoms with van der Waals surface area (Å²) in [5.74, 6) is 0.712. The van der Waals surface area contributed by atoms with Crippen molar-refractivity contribution in [3.63, 3.8) is 0 Å². The molecule has 1 N–H and O–H groups in total. The molecule has 0 spiro atoms. The molecule has 3 atom stereocenters. The van der Waals surface area contributed by atoms with Crippen LogP contribution < -0.4 is 0 Å². The fourth-order valence-corrected chi connectivity index (χ4v) is 1.71. The molecular weight excluding hydrogens is 240 g/mol. The van der Waals surface area contributed by atoms with Gasteiger partial charge in [-0.2, -0.15) is 0 Å². The van der Waals surface area contributed by atoms with Crippen molar-refractivity contribution in [3.8, 4) is 0 Å². The minimum absolute atomic E-state index is 0.189. The van der Waals surface area contributed by atoms with E-state index in [-0.39, 0.29) is 10.9 Å². The molecule has 0 amide bonds. The summed E-state index contributed by atoms with van der Waals surface area (Å²) in [6.07, 6.45) is 8.08. The van der Waals surface area contributed by atoms with Crippen LogP contribution in [0.1, 0.15) is 46.0 Å². The number of hydrogen-bond acceptors (Lipinski definition) is 1. The van der Waals surface area contributed by atoms with E-state index in [4.69, 9.17) is 0 Å². The van der Waals surface area contributed by atoms with Crippen molar-refractivity contribution in [1.29, 1.82) is 0 Å². The molecule has 14 heavy (non-hydrogen) atoms. The summed E-state index contributed by atoms with van der Waals surface area (Å²) in [6, 6.07) is 0. The quantitative estimate of drug-likeness (QED) is 0.571. The summed E-state index contributed by atoms with van der Waals surface area (Å²) < 4.78 is 0. The predicted octanol–water partition coefficient (Wildman–Crippen LogP) is 3.66. The summed E-state index contributed by atoms with van der Waals surface area (Å²) >= 11 is 3.40. The van der Waals surface area contributed by atoms with Crippen molar-refractivity contribution in [2.45, 2.75) is 56.9 Å². The van der Waals surface area contributed by atoms with E-state index in [9.17, 15) is 5.11 Å². The minimum Gasteiger partial charge on any atom is -0.392 e. The molecule has 0 aromatic carbocycles. The highest BCUT2D eigenvalue weighted by atomic mass is 79.9. The van der Waals surface area contributed by atoms with Gasteiger partial charge in [-0.1, -0.05) is 41.4 Å². The van der Waals surface area contributed by atoms with Crippen LogP contribution in [0.2, 0.25) is 0 Å². The number of alkyl halides is 1. The molecule has 0 bridgehead atoms. The number of halogens is 1. The van der Waals surface area contributed by atoms with Crippen LogP contribution in [0.25, 0.3) is 0 Å². The van der Waals surface area contributed by atoms with Crippen LogP contribution in [-0.4, -0.2) is 16.0 Å². The molecule has 0 radical (unpaired) electrons. The van der Waals surface area contributed by atoms with Crippen LogP contribution in [0.15, 0.2) is 11.6 Å². The summed E-state index contributed by atoms with van der Waals surface area (Å²) in [4.78, 5) is 0.219. The standard InChI is InChI=1S/C12H21BrO/c1-9(3-5-11-6-7-11)4-8-12(14)10(2)13/h5,9-10,12,14H,3-4,6-8H2,1-2H3. The van der Waals surface area contributed by atoms with Crippen molar-refractivity contribution < 1.29 is 5.11 Å². The van der Waals surface area contributed by atoms with Crippen LogP contribution in [0.3, 0.4) is 0 Å². The maximum absolute atomic E-state index is 9.60. The second-order valence-corrected chi connectivity index (χ2v) is 5.97. The van der Waals surface area contributed by atoms with Gasteiger partial charge in [-0.15, -0.1) is 0 Å². The summed E-state index contributed by atoms with van der Waals surface area (Å²) in [5.41, 5.74) is 1.63. The molecule has 0 saturated heterocycles. The molecule has 1 rings (SSSR count). The highest BCUT2D eigenvalue weighted by Gasteiger charge is 2.13. The van der Waals surface area contributed by atoms with Crippen molar-refractivity contribution >= 4 is 15.9 Å². The monoisotopic (exact) mass is 260 g/mol. The first-order valence-electron chi connectivity index (χ1n) is 5.59. The molecular formula is C12H21BrO. The largest absolute Gasteiger partial charge is 0.392 e. The van der Waals surface area contributed by atoms with E-state index < -0.39 is 0 Å². The van der Waals surface area contributed by atoms with Crippen LogP contribution in [-0.2, 0) is 0 Å². The van der Waals surface area contributed by atoms with E-state index in [1.807, 2.05) is 6.92 Å². The highest BCUT2D eigenvalue weighted by molar-refractivity contribution is 9.09. The van der Waals surface area contributed by atoms with E-state index in [1.54, 1.807) is 5.57 Å². The van der Waals surface area contributed by atoms with Gasteiger partial charge in [0.2, 0.25) is 0 Å². The molecule has 0 aromatic heterocycles. The van der Waals surface area contributed by atoms with E-state index in [0.717, 1.165) is 12.8 Å². The average molecular weight is 261 g/mol. The second kappa shape index (κ2) is 5.92. The van der Waals surface area contributed by atoms with Gasteiger partial charge >= 0.3 is 0 Å². The Kier molecular flexibility index (Phi) is 5.18. The molecule has 1 saturated carbocycles. The summed E-state index contributed by atoms with van der Waals surface area (Å²) in [5, 5.41) is 9.60. The second-order valence-electron chi connectivity index (χ2n) is 4.53. The topological polar surface area (TPSA) is 20.2 Å². The fourth-order valence-electron chi connectivity index (χ4n) is 1.45. The lowest BCUT2D eigenvalue weighted by Gasteiger charge is -2.15. The Labute approximate surface area is 95.7 Å². The van der Waals surface area contributed by atoms with Crippen LogP contribution >= 0.6 is 15.9 Å². The zero-order chi connectivity index (χ0) is 10.6. The van der Waals surface area contributed by atoms with E-state index in [1.165, 1.54) is 19.3 Å². The Morgan fingerprint density at radius 3 is 2.50 bits per heavy atom. The van der Waals surface area contributed by atoms with Gasteiger partial charge in [0.25, 0.3) is 0 Å². The van der Waals surface area contributed by atoms with Crippen molar-refractivity contribution in [3.05, 3.63) is 11.6 Å². The first-order chi connectivity index (χ1) is 6.59. The first kappa shape index (κ1) is 12.3. The van der Waals surface area contributed by atoms with E-state index >= 15 is 0 Å². The number of allylic oxidation sites excluding steroid dienone is 2. The lowest BCUT2D eigenvalue weighted by Crippen LogP contribution is -2.17. The zero-order valence-electron chi connectivity index (χ0n) is 9.17. The van der Waals surface area contributed by atoms with Gasteiger partial charge in [0.05, 0.1) is 6.10 Å². The van der Waals surface area contributed by atoms with Gasteiger partial charge in [0.15, 0.2) is 0 Å². The molecule has 2 heteroatoms. The van der Waals surface area contributed by atoms with Crippen LogP contribution in [0.5, 0.6) is 0 Å². The molecule has 1 aliphatic carbocycles. The Hall–Kier alpha value is 0.180. The number of rotatable bonds is 6. The highest BCUT2D eigenvalue weighted by Crippen LogP contribution is 2.29. The van der Waals surface area contributed by atoms with Gasteiger partial charge in [0, 0.05) is 4.83 Å². The zero-order valence-corrected chi connectivity index (χ0v) is 10.8. The van der Waals surface area contributed by atoms with Gasteiger partial charge in [0.1, 0.15) is 0 Å². The third-order valence-corrected chi connectivity index (χ3v) is 3.44. The van der Waals surface area contributed by atoms with Gasteiger partial charge < -0.3 is 5.11 Å². The van der Waals surface area contributed by atoms with E-state index in [0.29, 0.717) is 5.92 Å². The normalized spacial score (nSPS) is 21.6. The Bertz CT molecular complexity index is 192. The minimum atomic E-state index is -0.189. The maximum Gasteiger partial charge on any atom is 0.0662 e. The Morgan fingerprint density at radius 1 is 1.36 bits per heavy atom. The smallest absolute Gasteiger partial charge is 0.0662 e. The molecule has 1 fully saturated rings. The van der Waals surface area contributed by atoms with Crippen molar-refractivity contribution in [2.24, 2.45) is 5.92 Å². The molecule has 0 aliphatic heterocycles. The molecule has 0 heterocycles. The lowest BCUT2D eigenvalue weighted by molar-refractivity contribution is 0.158. The van der Waals surface area contributed by atoms with Gasteiger partial charge in [-0.25, -0.2) is 0 Å². The van der Waals surface area contributed by atoms with Crippen molar-refractivity contribution in [1.82, 2.24) is 0 Å². The average Bonchev–Trinajstić information content (AvgIpc) is 2.94. The van der Waals surface area contributed by atoms with Crippen LogP contribution in [0, 0.1) is 5.92 Å². The maximum atomic E-state index is 9.60. The molecule has 0 aromatic rings. The fraction of sp³-hybridized carbons (Fsp3) is 0.833. The lowest BCUT2D eigenvalue weighted by atomic mass is 9.98. The third kappa shape index (κ3) is 5.16. The van der Waals surface area contributed by atoms with Gasteiger partial charge in [-0.05, 0) is 38.0 Å². The molecule has 82 valence electrons. The predicted molar refractivity (Wildman–Crippen MR) is 64.7 cm³/mol. The molecule has 1 aliphatic rings. The Balaban J connectivity index is 2.07.